The number of rotatable bonds is 8. The summed E-state index contributed by atoms with van der Waals surface area (Å²) in [7, 11) is 1.43. The van der Waals surface area contributed by atoms with Crippen LogP contribution in [0.15, 0.2) is 66.9 Å². The number of methoxy groups -OCH3 is 1. The Kier molecular flexibility index (Phi) is 12.0. The van der Waals surface area contributed by atoms with Gasteiger partial charge < -0.3 is 34.8 Å². The van der Waals surface area contributed by atoms with E-state index in [1.54, 1.807) is 41.3 Å². The Hall–Kier alpha value is -6.31. The predicted molar refractivity (Wildman–Crippen MR) is 256 cm³/mol. The number of fused-ring (bicyclic) bond motifs is 3. The van der Waals surface area contributed by atoms with Crippen molar-refractivity contribution >= 4 is 58.2 Å². The van der Waals surface area contributed by atoms with Gasteiger partial charge in [0.15, 0.2) is 0 Å². The lowest BCUT2D eigenvalue weighted by atomic mass is 9.60. The second kappa shape index (κ2) is 18.0. The summed E-state index contributed by atoms with van der Waals surface area (Å²) < 4.78 is 70.3. The van der Waals surface area contributed by atoms with Crippen molar-refractivity contribution in [3.8, 4) is 5.75 Å². The van der Waals surface area contributed by atoms with Gasteiger partial charge in [-0.15, -0.1) is 0 Å². The summed E-state index contributed by atoms with van der Waals surface area (Å²) in [6, 6.07) is 13.6. The Morgan fingerprint density at radius 3 is 2.47 bits per heavy atom. The molecule has 1 saturated carbocycles. The molecule has 6 aliphatic heterocycles. The minimum atomic E-state index is -4.71. The van der Waals surface area contributed by atoms with Gasteiger partial charge in [0.1, 0.15) is 23.3 Å². The van der Waals surface area contributed by atoms with Crippen molar-refractivity contribution in [2.24, 2.45) is 5.41 Å². The van der Waals surface area contributed by atoms with Crippen molar-refractivity contribution in [3.05, 3.63) is 111 Å². The number of piperazine rings is 1. The molecule has 3 aromatic carbocycles. The summed E-state index contributed by atoms with van der Waals surface area (Å²) in [6.07, 6.45) is 0.183. The first-order chi connectivity index (χ1) is 34.5. The molecular formula is C52H53ClF4N8O7. The van der Waals surface area contributed by atoms with Gasteiger partial charge in [0.05, 0.1) is 23.9 Å². The van der Waals surface area contributed by atoms with Gasteiger partial charge in [-0.25, -0.2) is 4.39 Å². The summed E-state index contributed by atoms with van der Waals surface area (Å²) in [4.78, 5) is 78.5. The topological polar surface area (TPSA) is 166 Å². The van der Waals surface area contributed by atoms with E-state index in [1.165, 1.54) is 24.3 Å². The third-order valence-electron chi connectivity index (χ3n) is 16.7. The number of carbonyl (C=O) groups excluding carboxylic acids is 5. The maximum Gasteiger partial charge on any atom is 0.433 e. The molecule has 11 rings (SSSR count). The Bertz CT molecular complexity index is 2900. The average Bonchev–Trinajstić information content (AvgIpc) is 3.99. The molecule has 5 atom stereocenters. The molecule has 0 unspecified atom stereocenters. The van der Waals surface area contributed by atoms with Gasteiger partial charge >= 0.3 is 6.18 Å². The van der Waals surface area contributed by atoms with E-state index in [1.807, 2.05) is 19.1 Å². The number of anilines is 3. The molecule has 5 fully saturated rings. The number of aromatic nitrogens is 1. The SMILES string of the molecule is COc1cc(C(=O)N2CCN(c3ccc4c(c3)CN([C@H]3CCC(=O)NC3=O)C4=O)CC2)ccc1NC(=O)[C@H]1[C@H](c2cccc(Cl)c2F)[C@]2(CNc3cc(C(F)(F)F)ncc32)[C@H](C)N1C1CC2(CCOCC2)C1. The second-order valence-corrected chi connectivity index (χ2v) is 20.7. The van der Waals surface area contributed by atoms with Crippen LogP contribution in [-0.4, -0.2) is 126 Å². The standard InChI is InChI=1S/C52H53ClF4N8O7/c1-28-51(27-59-38-22-41(52(55,56)57)58-25-35(38)51)43(34-4-3-5-36(53)44(34)54)45(65(28)32-23-50(24-32)12-18-72-19-13-50)47(68)60-37-9-6-29(21-40(37)71-2)48(69)63-16-14-62(15-17-63)31-7-8-33-30(20-31)26-64(49(33)70)39-10-11-42(66)61-46(39)67/h3-9,20-22,25,28,32,39,43,45,59H,10-19,23-24,26-27H2,1-2H3,(H,60,68)(H,61,66,67)/t28-,39-,43-,45+,51+/m0/s1. The van der Waals surface area contributed by atoms with Gasteiger partial charge in [-0.3, -0.25) is 39.2 Å². The van der Waals surface area contributed by atoms with E-state index < -0.39 is 59.0 Å². The number of benzene rings is 3. The highest BCUT2D eigenvalue weighted by atomic mass is 35.5. The van der Waals surface area contributed by atoms with E-state index in [-0.39, 0.29) is 82.8 Å². The Balaban J connectivity index is 0.845. The van der Waals surface area contributed by atoms with Crippen molar-refractivity contribution in [2.45, 2.75) is 93.7 Å². The second-order valence-electron chi connectivity index (χ2n) is 20.3. The van der Waals surface area contributed by atoms with E-state index in [4.69, 9.17) is 21.1 Å². The third-order valence-corrected chi connectivity index (χ3v) is 17.0. The van der Waals surface area contributed by atoms with Crippen molar-refractivity contribution in [1.29, 1.82) is 0 Å². The van der Waals surface area contributed by atoms with Gasteiger partial charge in [-0.2, -0.15) is 13.2 Å². The molecule has 1 aliphatic carbocycles. The average molecular weight is 1010 g/mol. The van der Waals surface area contributed by atoms with Crippen LogP contribution in [0.25, 0.3) is 0 Å². The quantitative estimate of drug-likeness (QED) is 0.127. The molecule has 72 heavy (non-hydrogen) atoms. The number of piperidine rings is 1. The number of nitrogens with zero attached hydrogens (tertiary/aromatic N) is 5. The first-order valence-corrected chi connectivity index (χ1v) is 24.8. The molecule has 3 N–H and O–H groups in total. The van der Waals surface area contributed by atoms with E-state index >= 15 is 9.18 Å². The van der Waals surface area contributed by atoms with Crippen molar-refractivity contribution in [1.82, 2.24) is 25.0 Å². The van der Waals surface area contributed by atoms with Crippen LogP contribution in [0.4, 0.5) is 34.6 Å². The molecule has 0 bridgehead atoms. The normalized spacial score (nSPS) is 26.1. The molecular weight excluding hydrogens is 960 g/mol. The molecule has 1 aromatic heterocycles. The molecule has 2 spiro atoms. The molecule has 7 aliphatic rings. The highest BCUT2D eigenvalue weighted by molar-refractivity contribution is 6.30. The highest BCUT2D eigenvalue weighted by Gasteiger charge is 2.67. The third kappa shape index (κ3) is 7.93. The summed E-state index contributed by atoms with van der Waals surface area (Å²) in [5.74, 6) is -3.27. The fraction of sp³-hybridized carbons (Fsp3) is 0.462. The number of amides is 5. The van der Waals surface area contributed by atoms with Crippen molar-refractivity contribution < 1.29 is 51.0 Å². The van der Waals surface area contributed by atoms with Crippen LogP contribution in [0.1, 0.15) is 94.5 Å². The zero-order valence-corrected chi connectivity index (χ0v) is 40.4. The number of nitrogens with one attached hydrogen (secondary N) is 3. The molecule has 7 heterocycles. The Labute approximate surface area is 417 Å². The number of hydrogen-bond donors (Lipinski definition) is 3. The number of imide groups is 1. The Morgan fingerprint density at radius 1 is 0.986 bits per heavy atom. The zero-order valence-electron chi connectivity index (χ0n) is 39.6. The molecule has 15 nitrogen and oxygen atoms in total. The first-order valence-electron chi connectivity index (χ1n) is 24.4. The first kappa shape index (κ1) is 48.0. The van der Waals surface area contributed by atoms with Crippen LogP contribution in [0.3, 0.4) is 0 Å². The van der Waals surface area contributed by atoms with Crippen LogP contribution < -0.4 is 25.6 Å². The molecule has 4 saturated heterocycles. The minimum Gasteiger partial charge on any atom is -0.495 e. The lowest BCUT2D eigenvalue weighted by molar-refractivity contribution is -0.141. The monoisotopic (exact) mass is 1010 g/mol. The molecule has 4 aromatic rings. The number of halogens is 5. The number of ether oxygens (including phenoxy) is 2. The predicted octanol–water partition coefficient (Wildman–Crippen LogP) is 6.74. The number of pyridine rings is 1. The minimum absolute atomic E-state index is 0.0100. The fourth-order valence-corrected chi connectivity index (χ4v) is 13.2. The summed E-state index contributed by atoms with van der Waals surface area (Å²) in [6.45, 7) is 5.34. The number of carbonyl (C=O) groups is 5. The maximum absolute atomic E-state index is 16.7. The largest absolute Gasteiger partial charge is 0.495 e. The van der Waals surface area contributed by atoms with Gasteiger partial charge in [0.2, 0.25) is 17.7 Å². The van der Waals surface area contributed by atoms with Gasteiger partial charge in [0.25, 0.3) is 11.8 Å². The van der Waals surface area contributed by atoms with E-state index in [0.29, 0.717) is 56.1 Å². The van der Waals surface area contributed by atoms with E-state index in [0.717, 1.165) is 43.0 Å². The lowest BCUT2D eigenvalue weighted by Crippen LogP contribution is -2.59. The van der Waals surface area contributed by atoms with Gasteiger partial charge in [-0.05, 0) is 104 Å². The number of alkyl halides is 3. The maximum atomic E-state index is 16.7. The summed E-state index contributed by atoms with van der Waals surface area (Å²) >= 11 is 6.48. The summed E-state index contributed by atoms with van der Waals surface area (Å²) in [5.41, 5.74) is 1.41. The van der Waals surface area contributed by atoms with Crippen LogP contribution in [-0.2, 0) is 37.3 Å². The lowest BCUT2D eigenvalue weighted by Gasteiger charge is -2.55. The van der Waals surface area contributed by atoms with Crippen LogP contribution >= 0.6 is 11.6 Å². The zero-order chi connectivity index (χ0) is 50.4. The molecule has 5 amide bonds. The van der Waals surface area contributed by atoms with Crippen LogP contribution in [0, 0.1) is 11.2 Å². The highest BCUT2D eigenvalue weighted by Crippen LogP contribution is 2.62. The molecule has 378 valence electrons. The van der Waals surface area contributed by atoms with E-state index in [9.17, 15) is 32.3 Å². The van der Waals surface area contributed by atoms with Crippen molar-refractivity contribution in [3.63, 3.8) is 0 Å². The molecule has 20 heteroatoms. The van der Waals surface area contributed by atoms with Crippen LogP contribution in [0.5, 0.6) is 5.75 Å². The fourth-order valence-electron chi connectivity index (χ4n) is 13.0. The van der Waals surface area contributed by atoms with Crippen LogP contribution in [0.2, 0.25) is 5.02 Å². The smallest absolute Gasteiger partial charge is 0.433 e. The van der Waals surface area contributed by atoms with Gasteiger partial charge in [-0.1, -0.05) is 23.7 Å². The summed E-state index contributed by atoms with van der Waals surface area (Å²) in [5, 5.41) is 8.47. The number of likely N-dealkylation sites (tertiary alicyclic amines) is 1. The Morgan fingerprint density at radius 2 is 1.75 bits per heavy atom. The van der Waals surface area contributed by atoms with Crippen molar-refractivity contribution in [2.75, 3.05) is 68.6 Å². The number of hydrogen-bond acceptors (Lipinski definition) is 11. The van der Waals surface area contributed by atoms with Gasteiger partial charge in [0, 0.05) is 117 Å². The molecule has 0 radical (unpaired) electrons. The van der Waals surface area contributed by atoms with E-state index in [2.05, 4.69) is 30.7 Å².